The summed E-state index contributed by atoms with van der Waals surface area (Å²) < 4.78 is 1.80. The van der Waals surface area contributed by atoms with E-state index in [0.717, 1.165) is 47.7 Å². The molecule has 3 aliphatic carbocycles. The molecule has 1 N–H and O–H groups in total. The Labute approximate surface area is 186 Å². The molecule has 0 spiro atoms. The Bertz CT molecular complexity index is 1030. The van der Waals surface area contributed by atoms with Crippen LogP contribution in [0.1, 0.15) is 62.8 Å². The largest absolute Gasteiger partial charge is 0.353 e. The zero-order valence-electron chi connectivity index (χ0n) is 17.9. The number of aromatic nitrogens is 2. The molecule has 0 saturated heterocycles. The number of nitrogens with one attached hydrogen (secondary N) is 1. The molecule has 30 heavy (non-hydrogen) atoms. The Hall–Kier alpha value is -1.34. The predicted molar refractivity (Wildman–Crippen MR) is 123 cm³/mol. The summed E-state index contributed by atoms with van der Waals surface area (Å²) in [6, 6.07) is 0.238. The quantitative estimate of drug-likeness (QED) is 0.507. The third kappa shape index (κ3) is 3.62. The molecular formula is C23H31N3O2S2. The molecule has 4 atom stereocenters. The molecule has 0 radical (unpaired) electrons. The number of amides is 1. The van der Waals surface area contributed by atoms with Crippen molar-refractivity contribution in [3.63, 3.8) is 0 Å². The van der Waals surface area contributed by atoms with Crippen LogP contribution in [-0.4, -0.2) is 27.3 Å². The Morgan fingerprint density at radius 1 is 1.33 bits per heavy atom. The van der Waals surface area contributed by atoms with E-state index in [1.54, 1.807) is 15.9 Å². The first-order chi connectivity index (χ1) is 14.5. The van der Waals surface area contributed by atoms with Gasteiger partial charge in [-0.25, -0.2) is 4.98 Å². The first kappa shape index (κ1) is 20.6. The van der Waals surface area contributed by atoms with Crippen LogP contribution in [0.2, 0.25) is 0 Å². The molecule has 5 nitrogen and oxygen atoms in total. The molecule has 0 aliphatic heterocycles. The van der Waals surface area contributed by atoms with Crippen LogP contribution in [0.5, 0.6) is 0 Å². The second-order valence-electron chi connectivity index (χ2n) is 9.37. The van der Waals surface area contributed by atoms with Crippen LogP contribution in [-0.2, 0) is 24.2 Å². The van der Waals surface area contributed by atoms with Crippen LogP contribution in [0.3, 0.4) is 0 Å². The molecule has 2 fully saturated rings. The van der Waals surface area contributed by atoms with Crippen LogP contribution >= 0.6 is 23.1 Å². The highest BCUT2D eigenvalue weighted by Crippen LogP contribution is 2.49. The SMILES string of the molecule is CCCn1c(SCC(=O)NC(C)C2CC3CCC2C3)nc2sc3c(c2c1=O)CCC3. The van der Waals surface area contributed by atoms with Gasteiger partial charge in [0.1, 0.15) is 4.83 Å². The van der Waals surface area contributed by atoms with Gasteiger partial charge in [-0.1, -0.05) is 25.1 Å². The summed E-state index contributed by atoms with van der Waals surface area (Å²) in [5.41, 5.74) is 1.31. The number of rotatable bonds is 7. The monoisotopic (exact) mass is 445 g/mol. The molecule has 1 amide bonds. The zero-order valence-corrected chi connectivity index (χ0v) is 19.5. The minimum absolute atomic E-state index is 0.0568. The summed E-state index contributed by atoms with van der Waals surface area (Å²) in [5.74, 6) is 2.70. The average Bonchev–Trinajstić information content (AvgIpc) is 3.49. The maximum atomic E-state index is 13.2. The Morgan fingerprint density at radius 3 is 2.93 bits per heavy atom. The second-order valence-corrected chi connectivity index (χ2v) is 11.4. The third-order valence-corrected chi connectivity index (χ3v) is 9.56. The fraction of sp³-hybridized carbons (Fsp3) is 0.696. The first-order valence-electron chi connectivity index (χ1n) is 11.5. The highest BCUT2D eigenvalue weighted by atomic mass is 32.2. The molecule has 2 bridgehead atoms. The van der Waals surface area contributed by atoms with Crippen molar-refractivity contribution in [2.24, 2.45) is 17.8 Å². The lowest BCUT2D eigenvalue weighted by molar-refractivity contribution is -0.119. The van der Waals surface area contributed by atoms with Crippen LogP contribution in [0.4, 0.5) is 0 Å². The summed E-state index contributed by atoms with van der Waals surface area (Å²) >= 11 is 3.08. The van der Waals surface area contributed by atoms with Gasteiger partial charge < -0.3 is 5.32 Å². The molecule has 7 heteroatoms. The average molecular weight is 446 g/mol. The van der Waals surface area contributed by atoms with Crippen LogP contribution in [0.25, 0.3) is 10.2 Å². The number of aryl methyl sites for hydroxylation is 2. The van der Waals surface area contributed by atoms with Gasteiger partial charge in [-0.2, -0.15) is 0 Å². The van der Waals surface area contributed by atoms with E-state index < -0.39 is 0 Å². The van der Waals surface area contributed by atoms with Gasteiger partial charge in [-0.05, 0) is 75.2 Å². The number of carbonyl (C=O) groups excluding carboxylic acids is 1. The predicted octanol–water partition coefficient (Wildman–Crippen LogP) is 4.39. The Kier molecular flexibility index (Phi) is 5.69. The van der Waals surface area contributed by atoms with Gasteiger partial charge in [0.15, 0.2) is 5.16 Å². The highest BCUT2D eigenvalue weighted by Gasteiger charge is 2.42. The van der Waals surface area contributed by atoms with E-state index in [1.807, 2.05) is 0 Å². The van der Waals surface area contributed by atoms with Gasteiger partial charge in [0, 0.05) is 17.5 Å². The normalized spacial score (nSPS) is 25.7. The molecule has 5 rings (SSSR count). The van der Waals surface area contributed by atoms with E-state index in [-0.39, 0.29) is 17.5 Å². The van der Waals surface area contributed by atoms with Gasteiger partial charge in [0.2, 0.25) is 5.91 Å². The molecule has 3 aliphatic rings. The minimum atomic E-state index is 0.0568. The van der Waals surface area contributed by atoms with E-state index in [1.165, 1.54) is 47.9 Å². The molecular weight excluding hydrogens is 414 g/mol. The summed E-state index contributed by atoms with van der Waals surface area (Å²) in [4.78, 5) is 33.0. The van der Waals surface area contributed by atoms with E-state index >= 15 is 0 Å². The molecule has 2 aromatic heterocycles. The van der Waals surface area contributed by atoms with Crippen LogP contribution in [0, 0.1) is 17.8 Å². The molecule has 4 unspecified atom stereocenters. The second kappa shape index (κ2) is 8.30. The lowest BCUT2D eigenvalue weighted by Crippen LogP contribution is -2.41. The maximum absolute atomic E-state index is 13.2. The third-order valence-electron chi connectivity index (χ3n) is 7.39. The molecule has 2 heterocycles. The Balaban J connectivity index is 1.30. The van der Waals surface area contributed by atoms with Crippen LogP contribution < -0.4 is 10.9 Å². The van der Waals surface area contributed by atoms with E-state index in [4.69, 9.17) is 4.98 Å². The van der Waals surface area contributed by atoms with Gasteiger partial charge in [0.05, 0.1) is 11.1 Å². The molecule has 162 valence electrons. The van der Waals surface area contributed by atoms with Crippen molar-refractivity contribution in [2.75, 3.05) is 5.75 Å². The first-order valence-corrected chi connectivity index (χ1v) is 13.3. The van der Waals surface area contributed by atoms with E-state index in [0.29, 0.717) is 23.4 Å². The summed E-state index contributed by atoms with van der Waals surface area (Å²) in [7, 11) is 0. The van der Waals surface area contributed by atoms with Crippen molar-refractivity contribution >= 4 is 39.2 Å². The summed E-state index contributed by atoms with van der Waals surface area (Å²) in [5, 5.41) is 4.76. The Morgan fingerprint density at radius 2 is 2.20 bits per heavy atom. The van der Waals surface area contributed by atoms with E-state index in [2.05, 4.69) is 19.2 Å². The highest BCUT2D eigenvalue weighted by molar-refractivity contribution is 7.99. The van der Waals surface area contributed by atoms with Gasteiger partial charge >= 0.3 is 0 Å². The van der Waals surface area contributed by atoms with Crippen molar-refractivity contribution in [3.8, 4) is 0 Å². The fourth-order valence-electron chi connectivity index (χ4n) is 6.03. The van der Waals surface area contributed by atoms with Crippen LogP contribution in [0.15, 0.2) is 9.95 Å². The standard InChI is InChI=1S/C23H31N3O2S2/c1-3-9-26-22(28)20-16-5-4-6-18(16)30-21(20)25-23(26)29-12-19(27)24-13(2)17-11-14-7-8-15(17)10-14/h13-15,17H,3-12H2,1-2H3,(H,24,27). The van der Waals surface area contributed by atoms with Crippen molar-refractivity contribution in [3.05, 3.63) is 20.8 Å². The number of fused-ring (bicyclic) bond motifs is 5. The van der Waals surface area contributed by atoms with Crippen molar-refractivity contribution in [2.45, 2.75) is 83.0 Å². The van der Waals surface area contributed by atoms with Gasteiger partial charge in [-0.15, -0.1) is 11.3 Å². The number of thioether (sulfide) groups is 1. The van der Waals surface area contributed by atoms with Crippen molar-refractivity contribution in [1.29, 1.82) is 0 Å². The smallest absolute Gasteiger partial charge is 0.263 e. The van der Waals surface area contributed by atoms with Crippen molar-refractivity contribution < 1.29 is 4.79 Å². The number of hydrogen-bond acceptors (Lipinski definition) is 5. The number of nitrogens with zero attached hydrogens (tertiary/aromatic N) is 2. The number of hydrogen-bond donors (Lipinski definition) is 1. The molecule has 2 aromatic rings. The lowest BCUT2D eigenvalue weighted by Gasteiger charge is -2.28. The topological polar surface area (TPSA) is 64.0 Å². The molecule has 0 aromatic carbocycles. The van der Waals surface area contributed by atoms with Gasteiger partial charge in [-0.3, -0.25) is 14.2 Å². The molecule has 2 saturated carbocycles. The summed E-state index contributed by atoms with van der Waals surface area (Å²) in [6.45, 7) is 4.89. The van der Waals surface area contributed by atoms with Gasteiger partial charge in [0.25, 0.3) is 5.56 Å². The zero-order chi connectivity index (χ0) is 20.8. The summed E-state index contributed by atoms with van der Waals surface area (Å²) in [6.07, 6.45) is 9.43. The fourth-order valence-corrected chi connectivity index (χ4v) is 8.17. The van der Waals surface area contributed by atoms with Crippen molar-refractivity contribution in [1.82, 2.24) is 14.9 Å². The lowest BCUT2D eigenvalue weighted by atomic mass is 9.84. The number of thiophene rings is 1. The maximum Gasteiger partial charge on any atom is 0.263 e. The minimum Gasteiger partial charge on any atom is -0.353 e. The number of carbonyl (C=O) groups is 1. The van der Waals surface area contributed by atoms with E-state index in [9.17, 15) is 9.59 Å².